The smallest absolute Gasteiger partial charge is 0.407 e. The average molecular weight is 467 g/mol. The summed E-state index contributed by atoms with van der Waals surface area (Å²) < 4.78 is 5.50. The lowest BCUT2D eigenvalue weighted by Gasteiger charge is -2.21. The van der Waals surface area contributed by atoms with Crippen molar-refractivity contribution in [3.05, 3.63) is 59.7 Å². The van der Waals surface area contributed by atoms with Gasteiger partial charge in [0.15, 0.2) is 0 Å². The van der Waals surface area contributed by atoms with Gasteiger partial charge in [-0.15, -0.1) is 0 Å². The molecule has 0 fully saturated rings. The van der Waals surface area contributed by atoms with Crippen molar-refractivity contribution in [1.82, 2.24) is 10.6 Å². The Balaban J connectivity index is 1.46. The largest absolute Gasteiger partial charge is 0.481 e. The number of carbonyl (C=O) groups excluding carboxylic acids is 2. The first-order chi connectivity index (χ1) is 16.3. The second kappa shape index (κ2) is 11.7. The highest BCUT2D eigenvalue weighted by atomic mass is 16.5. The number of hydrogen-bond acceptors (Lipinski definition) is 4. The molecule has 0 bridgehead atoms. The van der Waals surface area contributed by atoms with E-state index in [9.17, 15) is 14.4 Å². The minimum absolute atomic E-state index is 0.0407. The summed E-state index contributed by atoms with van der Waals surface area (Å²) in [5.74, 6) is -0.611. The number of aliphatic carboxylic acids is 1. The van der Waals surface area contributed by atoms with Gasteiger partial charge < -0.3 is 20.5 Å². The summed E-state index contributed by atoms with van der Waals surface area (Å²) in [4.78, 5) is 35.6. The highest BCUT2D eigenvalue weighted by Crippen LogP contribution is 2.44. The zero-order valence-electron chi connectivity index (χ0n) is 20.0. The summed E-state index contributed by atoms with van der Waals surface area (Å²) in [6.07, 6.45) is 0.757. The first kappa shape index (κ1) is 25.3. The molecule has 0 aliphatic heterocycles. The number of carboxylic acid groups (broad SMARTS) is 1. The standard InChI is InChI=1S/C27H34N2O5/c1-17(2)19(12-13-25(30)31)14-15-28-26(32)18(3)29-27(33)34-16-24-22-10-6-4-8-20(22)21-9-5-7-11-23(21)24/h4-11,17-19,24H,12-16H2,1-3H3,(H,28,32)(H,29,33)(H,30,31)/t18-,19?/m0/s1. The number of carbonyl (C=O) groups is 3. The topological polar surface area (TPSA) is 105 Å². The summed E-state index contributed by atoms with van der Waals surface area (Å²) >= 11 is 0. The molecule has 1 aliphatic rings. The number of fused-ring (bicyclic) bond motifs is 3. The summed E-state index contributed by atoms with van der Waals surface area (Å²) in [5.41, 5.74) is 4.57. The van der Waals surface area contributed by atoms with E-state index < -0.39 is 18.1 Å². The van der Waals surface area contributed by atoms with Gasteiger partial charge in [-0.3, -0.25) is 9.59 Å². The van der Waals surface area contributed by atoms with E-state index in [-0.39, 0.29) is 30.8 Å². The summed E-state index contributed by atoms with van der Waals surface area (Å²) in [6, 6.07) is 15.5. The molecule has 1 unspecified atom stereocenters. The SMILES string of the molecule is CC(C)C(CCNC(=O)[C@H](C)NC(=O)OCC1c2ccccc2-c2ccccc21)CCC(=O)O. The van der Waals surface area contributed by atoms with Gasteiger partial charge in [0.25, 0.3) is 0 Å². The third-order valence-corrected chi connectivity index (χ3v) is 6.56. The van der Waals surface area contributed by atoms with Crippen LogP contribution in [-0.4, -0.2) is 42.3 Å². The molecule has 0 heterocycles. The van der Waals surface area contributed by atoms with Gasteiger partial charge in [-0.2, -0.15) is 0 Å². The second-order valence-corrected chi connectivity index (χ2v) is 9.21. The zero-order valence-corrected chi connectivity index (χ0v) is 20.0. The molecule has 0 aromatic heterocycles. The fourth-order valence-corrected chi connectivity index (χ4v) is 4.54. The molecule has 2 aromatic carbocycles. The first-order valence-electron chi connectivity index (χ1n) is 11.9. The molecule has 0 saturated carbocycles. The van der Waals surface area contributed by atoms with Crippen molar-refractivity contribution < 1.29 is 24.2 Å². The number of hydrogen-bond donors (Lipinski definition) is 3. The van der Waals surface area contributed by atoms with Gasteiger partial charge in [0, 0.05) is 18.9 Å². The third kappa shape index (κ3) is 6.37. The van der Waals surface area contributed by atoms with E-state index >= 15 is 0 Å². The molecular formula is C27H34N2O5. The van der Waals surface area contributed by atoms with Crippen molar-refractivity contribution in [2.45, 2.75) is 52.0 Å². The predicted octanol–water partition coefficient (Wildman–Crippen LogP) is 4.56. The van der Waals surface area contributed by atoms with Gasteiger partial charge in [-0.05, 0) is 53.9 Å². The first-order valence-corrected chi connectivity index (χ1v) is 11.9. The van der Waals surface area contributed by atoms with Gasteiger partial charge in [0.2, 0.25) is 5.91 Å². The molecule has 1 aliphatic carbocycles. The quantitative estimate of drug-likeness (QED) is 0.450. The highest BCUT2D eigenvalue weighted by Gasteiger charge is 2.29. The Labute approximate surface area is 200 Å². The molecule has 2 atom stereocenters. The van der Waals surface area contributed by atoms with Crippen LogP contribution in [0.15, 0.2) is 48.5 Å². The van der Waals surface area contributed by atoms with E-state index in [2.05, 4.69) is 48.7 Å². The molecule has 2 aromatic rings. The molecule has 7 nitrogen and oxygen atoms in total. The second-order valence-electron chi connectivity index (χ2n) is 9.21. The Morgan fingerprint density at radius 3 is 2.09 bits per heavy atom. The number of benzene rings is 2. The van der Waals surface area contributed by atoms with Crippen molar-refractivity contribution in [3.63, 3.8) is 0 Å². The molecule has 182 valence electrons. The monoisotopic (exact) mass is 466 g/mol. The van der Waals surface area contributed by atoms with Crippen LogP contribution in [0.3, 0.4) is 0 Å². The van der Waals surface area contributed by atoms with E-state index in [0.717, 1.165) is 22.3 Å². The molecule has 0 radical (unpaired) electrons. The summed E-state index contributed by atoms with van der Waals surface area (Å²) in [7, 11) is 0. The van der Waals surface area contributed by atoms with Crippen molar-refractivity contribution in [3.8, 4) is 11.1 Å². The fourth-order valence-electron chi connectivity index (χ4n) is 4.54. The van der Waals surface area contributed by atoms with Crippen LogP contribution in [0.25, 0.3) is 11.1 Å². The maximum atomic E-state index is 12.4. The van der Waals surface area contributed by atoms with Gasteiger partial charge in [0.1, 0.15) is 12.6 Å². The lowest BCUT2D eigenvalue weighted by atomic mass is 9.88. The maximum absolute atomic E-state index is 12.4. The minimum atomic E-state index is -0.810. The molecule has 3 N–H and O–H groups in total. The summed E-state index contributed by atoms with van der Waals surface area (Å²) in [5, 5.41) is 14.3. The van der Waals surface area contributed by atoms with Gasteiger partial charge in [0.05, 0.1) is 0 Å². The average Bonchev–Trinajstić information content (AvgIpc) is 3.13. The molecule has 7 heteroatoms. The lowest BCUT2D eigenvalue weighted by molar-refractivity contribution is -0.137. The zero-order chi connectivity index (χ0) is 24.7. The van der Waals surface area contributed by atoms with E-state index in [1.807, 2.05) is 24.3 Å². The van der Waals surface area contributed by atoms with Gasteiger partial charge in [-0.25, -0.2) is 4.79 Å². The van der Waals surface area contributed by atoms with Crippen molar-refractivity contribution >= 4 is 18.0 Å². The fraction of sp³-hybridized carbons (Fsp3) is 0.444. The van der Waals surface area contributed by atoms with Crippen LogP contribution in [0.5, 0.6) is 0 Å². The van der Waals surface area contributed by atoms with Crippen molar-refractivity contribution in [2.24, 2.45) is 11.8 Å². The minimum Gasteiger partial charge on any atom is -0.481 e. The molecule has 0 spiro atoms. The summed E-state index contributed by atoms with van der Waals surface area (Å²) in [6.45, 7) is 6.33. The van der Waals surface area contributed by atoms with Crippen LogP contribution in [-0.2, 0) is 14.3 Å². The number of alkyl carbamates (subject to hydrolysis) is 1. The Morgan fingerprint density at radius 1 is 0.941 bits per heavy atom. The number of rotatable bonds is 11. The third-order valence-electron chi connectivity index (χ3n) is 6.56. The van der Waals surface area contributed by atoms with Gasteiger partial charge in [-0.1, -0.05) is 62.4 Å². The maximum Gasteiger partial charge on any atom is 0.407 e. The Kier molecular flexibility index (Phi) is 8.68. The normalized spacial score (nSPS) is 14.1. The van der Waals surface area contributed by atoms with Crippen LogP contribution < -0.4 is 10.6 Å². The highest BCUT2D eigenvalue weighted by molar-refractivity contribution is 5.85. The molecule has 34 heavy (non-hydrogen) atoms. The number of nitrogens with one attached hydrogen (secondary N) is 2. The van der Waals surface area contributed by atoms with Crippen LogP contribution in [0.2, 0.25) is 0 Å². The van der Waals surface area contributed by atoms with E-state index in [4.69, 9.17) is 9.84 Å². The Bertz CT molecular complexity index is 974. The number of amides is 2. The van der Waals surface area contributed by atoms with Crippen LogP contribution in [0, 0.1) is 11.8 Å². The molecule has 3 rings (SSSR count). The van der Waals surface area contributed by atoms with Crippen LogP contribution >= 0.6 is 0 Å². The Morgan fingerprint density at radius 2 is 1.53 bits per heavy atom. The molecule has 2 amide bonds. The van der Waals surface area contributed by atoms with E-state index in [1.54, 1.807) is 6.92 Å². The van der Waals surface area contributed by atoms with Crippen molar-refractivity contribution in [1.29, 1.82) is 0 Å². The molecule has 0 saturated heterocycles. The van der Waals surface area contributed by atoms with E-state index in [0.29, 0.717) is 25.3 Å². The van der Waals surface area contributed by atoms with Gasteiger partial charge >= 0.3 is 12.1 Å². The number of ether oxygens (including phenoxy) is 1. The van der Waals surface area contributed by atoms with E-state index in [1.165, 1.54) is 0 Å². The lowest BCUT2D eigenvalue weighted by Crippen LogP contribution is -2.45. The molecular weight excluding hydrogens is 432 g/mol. The van der Waals surface area contributed by atoms with Crippen LogP contribution in [0.4, 0.5) is 4.79 Å². The Hall–Kier alpha value is -3.35. The van der Waals surface area contributed by atoms with Crippen LogP contribution in [0.1, 0.15) is 57.1 Å². The number of carboxylic acids is 1. The van der Waals surface area contributed by atoms with Crippen molar-refractivity contribution in [2.75, 3.05) is 13.2 Å². The predicted molar refractivity (Wildman–Crippen MR) is 130 cm³/mol.